The third kappa shape index (κ3) is 4.78. The number of hydrogen-bond donors (Lipinski definition) is 0. The van der Waals surface area contributed by atoms with E-state index >= 15 is 0 Å². The summed E-state index contributed by atoms with van der Waals surface area (Å²) in [5, 5.41) is 0. The summed E-state index contributed by atoms with van der Waals surface area (Å²) in [6.07, 6.45) is 4.00. The van der Waals surface area contributed by atoms with Crippen molar-refractivity contribution in [1.29, 1.82) is 0 Å². The molecule has 4 rings (SSSR count). The number of ether oxygens (including phenoxy) is 3. The van der Waals surface area contributed by atoms with Gasteiger partial charge < -0.3 is 14.2 Å². The van der Waals surface area contributed by atoms with Gasteiger partial charge in [0.05, 0.1) is 16.7 Å². The Bertz CT molecular complexity index is 711. The maximum atomic E-state index is 13.5. The molecule has 4 aliphatic rings. The van der Waals surface area contributed by atoms with Crippen LogP contribution in [0.15, 0.2) is 0 Å². The van der Waals surface area contributed by atoms with Gasteiger partial charge in [0, 0.05) is 12.8 Å². The molecule has 0 spiro atoms. The van der Waals surface area contributed by atoms with E-state index in [1.165, 1.54) is 0 Å². The van der Waals surface area contributed by atoms with E-state index in [-0.39, 0.29) is 29.7 Å². The van der Waals surface area contributed by atoms with E-state index in [2.05, 4.69) is 0 Å². The highest BCUT2D eigenvalue weighted by Crippen LogP contribution is 2.68. The third-order valence-electron chi connectivity index (χ3n) is 7.01. The molecule has 0 aromatic heterocycles. The average Bonchev–Trinajstić information content (AvgIpc) is 2.56. The first kappa shape index (κ1) is 24.1. The summed E-state index contributed by atoms with van der Waals surface area (Å²) in [6, 6.07) is 0. The van der Waals surface area contributed by atoms with Gasteiger partial charge in [-0.1, -0.05) is 13.8 Å². The van der Waals surface area contributed by atoms with E-state index in [0.29, 0.717) is 44.9 Å². The molecule has 0 N–H and O–H groups in total. The molecular weight excluding hydrogens is 396 g/mol. The summed E-state index contributed by atoms with van der Waals surface area (Å²) in [4.78, 5) is 39.7. The first-order chi connectivity index (χ1) is 14.0. The van der Waals surface area contributed by atoms with Gasteiger partial charge in [-0.05, 0) is 79.6 Å². The Balaban J connectivity index is 2.00. The largest absolute Gasteiger partial charge is 0.460 e. The molecule has 0 radical (unpaired) electrons. The lowest BCUT2D eigenvalue weighted by molar-refractivity contribution is -0.242. The van der Waals surface area contributed by atoms with Crippen molar-refractivity contribution >= 4 is 17.9 Å². The summed E-state index contributed by atoms with van der Waals surface area (Å²) >= 11 is 0. The monoisotopic (exact) mass is 436 g/mol. The Morgan fingerprint density at radius 3 is 1.68 bits per heavy atom. The highest BCUT2D eigenvalue weighted by Gasteiger charge is 2.70. The molecule has 176 valence electrons. The molecule has 3 unspecified atom stereocenters. The van der Waals surface area contributed by atoms with Gasteiger partial charge in [0.1, 0.15) is 16.8 Å². The van der Waals surface area contributed by atoms with Crippen LogP contribution in [0.4, 0.5) is 0 Å². The fourth-order valence-electron chi connectivity index (χ4n) is 6.17. The van der Waals surface area contributed by atoms with E-state index in [9.17, 15) is 14.4 Å². The van der Waals surface area contributed by atoms with Gasteiger partial charge in [-0.15, -0.1) is 0 Å². The number of esters is 3. The smallest absolute Gasteiger partial charge is 0.312 e. The molecule has 0 aliphatic heterocycles. The van der Waals surface area contributed by atoms with E-state index in [1.807, 2.05) is 55.4 Å². The van der Waals surface area contributed by atoms with Gasteiger partial charge in [0.2, 0.25) is 0 Å². The van der Waals surface area contributed by atoms with Crippen molar-refractivity contribution in [1.82, 2.24) is 0 Å². The second-order valence-electron chi connectivity index (χ2n) is 12.5. The van der Waals surface area contributed by atoms with Crippen LogP contribution in [0.3, 0.4) is 0 Å². The predicted octanol–water partition coefficient (Wildman–Crippen LogP) is 4.97. The first-order valence-corrected chi connectivity index (χ1v) is 11.7. The van der Waals surface area contributed by atoms with Crippen LogP contribution in [-0.2, 0) is 28.6 Å². The van der Waals surface area contributed by atoms with E-state index < -0.39 is 27.6 Å². The summed E-state index contributed by atoms with van der Waals surface area (Å²) in [6.45, 7) is 14.9. The van der Waals surface area contributed by atoms with Crippen LogP contribution in [0.2, 0.25) is 0 Å². The minimum absolute atomic E-state index is 0.126. The summed E-state index contributed by atoms with van der Waals surface area (Å²) in [7, 11) is 0. The van der Waals surface area contributed by atoms with Crippen molar-refractivity contribution in [3.05, 3.63) is 0 Å². The van der Waals surface area contributed by atoms with Crippen LogP contribution in [-0.4, -0.2) is 34.7 Å². The van der Waals surface area contributed by atoms with Crippen molar-refractivity contribution in [2.24, 2.45) is 22.7 Å². The molecule has 6 nitrogen and oxygen atoms in total. The van der Waals surface area contributed by atoms with Crippen molar-refractivity contribution in [2.45, 2.75) is 117 Å². The van der Waals surface area contributed by atoms with Crippen LogP contribution in [0.1, 0.15) is 100 Å². The molecule has 4 saturated carbocycles. The SMILES string of the molecule is CCC(C)C(=O)OC12CC3CC(C(=O)OC(C)(C)C)(C1)CC(C(=O)OC(C)(C)C)(C3)C2. The minimum Gasteiger partial charge on any atom is -0.460 e. The van der Waals surface area contributed by atoms with Crippen molar-refractivity contribution in [3.8, 4) is 0 Å². The van der Waals surface area contributed by atoms with Crippen molar-refractivity contribution in [3.63, 3.8) is 0 Å². The topological polar surface area (TPSA) is 78.9 Å². The fraction of sp³-hybridized carbons (Fsp3) is 0.880. The lowest BCUT2D eigenvalue weighted by Crippen LogP contribution is -2.66. The maximum absolute atomic E-state index is 13.5. The number of carbonyl (C=O) groups is 3. The molecule has 3 atom stereocenters. The molecule has 0 saturated heterocycles. The zero-order valence-electron chi connectivity index (χ0n) is 20.6. The molecule has 0 aromatic carbocycles. The lowest BCUT2D eigenvalue weighted by Gasteiger charge is -2.63. The van der Waals surface area contributed by atoms with Crippen LogP contribution in [0.5, 0.6) is 0 Å². The molecule has 0 amide bonds. The summed E-state index contributed by atoms with van der Waals surface area (Å²) < 4.78 is 17.8. The second kappa shape index (κ2) is 7.48. The molecule has 6 heteroatoms. The summed E-state index contributed by atoms with van der Waals surface area (Å²) in [5.74, 6) is -0.894. The van der Waals surface area contributed by atoms with Gasteiger partial charge in [-0.3, -0.25) is 14.4 Å². The molecule has 4 fully saturated rings. The van der Waals surface area contributed by atoms with Crippen molar-refractivity contribution in [2.75, 3.05) is 0 Å². The molecular formula is C25H40O6. The van der Waals surface area contributed by atoms with Crippen LogP contribution >= 0.6 is 0 Å². The molecule has 4 bridgehead atoms. The van der Waals surface area contributed by atoms with Gasteiger partial charge in [0.15, 0.2) is 0 Å². The van der Waals surface area contributed by atoms with Gasteiger partial charge >= 0.3 is 17.9 Å². The number of hydrogen-bond acceptors (Lipinski definition) is 6. The quantitative estimate of drug-likeness (QED) is 0.447. The van der Waals surface area contributed by atoms with E-state index in [4.69, 9.17) is 14.2 Å². The first-order valence-electron chi connectivity index (χ1n) is 11.7. The average molecular weight is 437 g/mol. The molecule has 0 aromatic rings. The second-order valence-corrected chi connectivity index (χ2v) is 12.5. The minimum atomic E-state index is -0.820. The van der Waals surface area contributed by atoms with Gasteiger partial charge in [0.25, 0.3) is 0 Å². The Morgan fingerprint density at radius 1 is 0.839 bits per heavy atom. The van der Waals surface area contributed by atoms with Crippen LogP contribution in [0.25, 0.3) is 0 Å². The molecule has 4 aliphatic carbocycles. The van der Waals surface area contributed by atoms with E-state index in [1.54, 1.807) is 0 Å². The molecule has 31 heavy (non-hydrogen) atoms. The fourth-order valence-corrected chi connectivity index (χ4v) is 6.17. The normalized spacial score (nSPS) is 35.4. The Hall–Kier alpha value is -1.59. The maximum Gasteiger partial charge on any atom is 0.312 e. The highest BCUT2D eigenvalue weighted by molar-refractivity contribution is 5.84. The number of carbonyl (C=O) groups excluding carboxylic acids is 3. The Kier molecular flexibility index (Phi) is 5.81. The standard InChI is InChI=1S/C25H40O6/c1-9-16(2)18(26)29-25-12-17-10-23(14-25,19(27)30-21(3,4)5)13-24(11-17,15-25)20(28)31-22(6,7)8/h16-17H,9-15H2,1-8H3. The van der Waals surface area contributed by atoms with Gasteiger partial charge in [-0.2, -0.15) is 0 Å². The van der Waals surface area contributed by atoms with E-state index in [0.717, 1.165) is 0 Å². The zero-order chi connectivity index (χ0) is 23.5. The van der Waals surface area contributed by atoms with Crippen LogP contribution in [0, 0.1) is 22.7 Å². The zero-order valence-corrected chi connectivity index (χ0v) is 20.6. The predicted molar refractivity (Wildman–Crippen MR) is 116 cm³/mol. The Labute approximate surface area is 186 Å². The van der Waals surface area contributed by atoms with Crippen LogP contribution < -0.4 is 0 Å². The molecule has 0 heterocycles. The van der Waals surface area contributed by atoms with Crippen molar-refractivity contribution < 1.29 is 28.6 Å². The van der Waals surface area contributed by atoms with Gasteiger partial charge in [-0.25, -0.2) is 0 Å². The lowest BCUT2D eigenvalue weighted by atomic mass is 9.42. The summed E-state index contributed by atoms with van der Waals surface area (Å²) in [5.41, 5.74) is -3.70. The Morgan fingerprint density at radius 2 is 1.29 bits per heavy atom. The third-order valence-corrected chi connectivity index (χ3v) is 7.01. The highest BCUT2D eigenvalue weighted by atomic mass is 16.6. The number of rotatable bonds is 5.